The maximum atomic E-state index is 13.5. The number of nitrogens with one attached hydrogen (secondary N) is 1. The molecule has 8 heteroatoms. The van der Waals surface area contributed by atoms with Gasteiger partial charge >= 0.3 is 0 Å². The van der Waals surface area contributed by atoms with Gasteiger partial charge in [0.2, 0.25) is 11.9 Å². The lowest BCUT2D eigenvalue weighted by atomic mass is 10.1. The molecule has 33 heavy (non-hydrogen) atoms. The Bertz CT molecular complexity index is 1320. The van der Waals surface area contributed by atoms with Crippen molar-refractivity contribution in [3.8, 4) is 5.75 Å². The fraction of sp³-hybridized carbons (Fsp3) is 0.200. The third kappa shape index (κ3) is 3.91. The van der Waals surface area contributed by atoms with Crippen molar-refractivity contribution in [1.82, 2.24) is 14.5 Å². The molecule has 8 nitrogen and oxygen atoms in total. The highest BCUT2D eigenvalue weighted by atomic mass is 16.5. The van der Waals surface area contributed by atoms with Gasteiger partial charge < -0.3 is 10.1 Å². The minimum Gasteiger partial charge on any atom is -0.492 e. The van der Waals surface area contributed by atoms with Crippen molar-refractivity contribution in [1.29, 1.82) is 0 Å². The number of hydrogen-bond donors (Lipinski definition) is 1. The molecule has 0 fully saturated rings. The molecule has 1 atom stereocenters. The van der Waals surface area contributed by atoms with Crippen LogP contribution in [0.4, 0.5) is 11.6 Å². The van der Waals surface area contributed by atoms with Gasteiger partial charge in [-0.2, -0.15) is 0 Å². The maximum Gasteiger partial charge on any atom is 0.253 e. The molecule has 1 aliphatic rings. The van der Waals surface area contributed by atoms with Gasteiger partial charge in [0.05, 0.1) is 42.0 Å². The minimum absolute atomic E-state index is 0.0225. The minimum atomic E-state index is -0.699. The number of carbonyl (C=O) groups excluding carboxylic acids is 2. The zero-order valence-corrected chi connectivity index (χ0v) is 18.1. The van der Waals surface area contributed by atoms with Crippen LogP contribution in [-0.4, -0.2) is 33.0 Å². The van der Waals surface area contributed by atoms with E-state index in [2.05, 4.69) is 15.3 Å². The first-order chi connectivity index (χ1) is 16.2. The van der Waals surface area contributed by atoms with E-state index in [9.17, 15) is 9.59 Å². The Morgan fingerprint density at radius 3 is 2.67 bits per heavy atom. The van der Waals surface area contributed by atoms with Gasteiger partial charge in [-0.25, -0.2) is 4.98 Å². The van der Waals surface area contributed by atoms with Crippen LogP contribution in [0.5, 0.6) is 5.75 Å². The van der Waals surface area contributed by atoms with Crippen molar-refractivity contribution >= 4 is 34.5 Å². The van der Waals surface area contributed by atoms with E-state index in [1.165, 1.54) is 0 Å². The molecule has 0 saturated heterocycles. The van der Waals surface area contributed by atoms with Gasteiger partial charge in [-0.05, 0) is 43.3 Å². The van der Waals surface area contributed by atoms with Crippen LogP contribution >= 0.6 is 0 Å². The van der Waals surface area contributed by atoms with Gasteiger partial charge in [-0.1, -0.05) is 30.3 Å². The van der Waals surface area contributed by atoms with Gasteiger partial charge in [0.25, 0.3) is 5.91 Å². The molecule has 3 heterocycles. The quantitative estimate of drug-likeness (QED) is 0.469. The molecule has 166 valence electrons. The summed E-state index contributed by atoms with van der Waals surface area (Å²) in [5.74, 6) is 0.669. The second kappa shape index (κ2) is 8.74. The van der Waals surface area contributed by atoms with Crippen molar-refractivity contribution in [3.63, 3.8) is 0 Å². The summed E-state index contributed by atoms with van der Waals surface area (Å²) in [4.78, 5) is 37.1. The summed E-state index contributed by atoms with van der Waals surface area (Å²) in [6, 6.07) is 19.8. The number of pyridine rings is 1. The predicted octanol–water partition coefficient (Wildman–Crippen LogP) is 3.95. The molecule has 1 aliphatic heterocycles. The van der Waals surface area contributed by atoms with Crippen LogP contribution in [0.15, 0.2) is 72.9 Å². The lowest BCUT2D eigenvalue weighted by Crippen LogP contribution is -2.31. The SMILES string of the molecule is CCOc1ccccc1NC(=O)CC1C(=O)N(Cc2ccccn2)c2nc3ccccc3n21. The highest BCUT2D eigenvalue weighted by molar-refractivity contribution is 6.05. The number of anilines is 2. The van der Waals surface area contributed by atoms with E-state index in [0.29, 0.717) is 24.0 Å². The molecule has 4 aromatic rings. The van der Waals surface area contributed by atoms with E-state index in [1.54, 1.807) is 23.2 Å². The molecular weight excluding hydrogens is 418 g/mol. The molecule has 0 radical (unpaired) electrons. The number of ether oxygens (including phenoxy) is 1. The van der Waals surface area contributed by atoms with Crippen LogP contribution in [0.25, 0.3) is 11.0 Å². The fourth-order valence-corrected chi connectivity index (χ4v) is 4.13. The predicted molar refractivity (Wildman–Crippen MR) is 125 cm³/mol. The van der Waals surface area contributed by atoms with Gasteiger partial charge in [-0.15, -0.1) is 0 Å². The molecule has 0 saturated carbocycles. The number of carbonyl (C=O) groups is 2. The Morgan fingerprint density at radius 1 is 1.06 bits per heavy atom. The van der Waals surface area contributed by atoms with Crippen molar-refractivity contribution in [3.05, 3.63) is 78.6 Å². The molecule has 1 N–H and O–H groups in total. The zero-order chi connectivity index (χ0) is 22.8. The first-order valence-corrected chi connectivity index (χ1v) is 10.9. The van der Waals surface area contributed by atoms with Crippen LogP contribution in [0.3, 0.4) is 0 Å². The van der Waals surface area contributed by atoms with E-state index in [4.69, 9.17) is 4.74 Å². The molecule has 0 bridgehead atoms. The van der Waals surface area contributed by atoms with E-state index in [0.717, 1.165) is 16.7 Å². The lowest BCUT2D eigenvalue weighted by Gasteiger charge is -2.16. The van der Waals surface area contributed by atoms with Crippen molar-refractivity contribution in [2.45, 2.75) is 25.9 Å². The van der Waals surface area contributed by atoms with E-state index in [1.807, 2.05) is 66.1 Å². The third-order valence-corrected chi connectivity index (χ3v) is 5.57. The number of nitrogens with zero attached hydrogens (tertiary/aromatic N) is 4. The Labute approximate surface area is 190 Å². The Kier molecular flexibility index (Phi) is 5.48. The number of rotatable bonds is 7. The Hall–Kier alpha value is -4.20. The summed E-state index contributed by atoms with van der Waals surface area (Å²) in [7, 11) is 0. The number of fused-ring (bicyclic) bond motifs is 3. The van der Waals surface area contributed by atoms with E-state index >= 15 is 0 Å². The fourth-order valence-electron chi connectivity index (χ4n) is 4.13. The molecule has 2 amide bonds. The highest BCUT2D eigenvalue weighted by Gasteiger charge is 2.41. The van der Waals surface area contributed by atoms with Crippen LogP contribution in [0.1, 0.15) is 25.1 Å². The number of hydrogen-bond acceptors (Lipinski definition) is 5. The third-order valence-electron chi connectivity index (χ3n) is 5.57. The molecule has 1 unspecified atom stereocenters. The monoisotopic (exact) mass is 441 g/mol. The standard InChI is InChI=1S/C25H23N5O3/c1-2-33-22-13-6-4-11-19(22)27-23(31)15-21-24(32)29(16-17-9-7-8-14-26-17)25-28-18-10-3-5-12-20(18)30(21)25/h3-14,21H,2,15-16H2,1H3,(H,27,31). The number of benzene rings is 2. The molecule has 0 spiro atoms. The zero-order valence-electron chi connectivity index (χ0n) is 18.1. The first-order valence-electron chi connectivity index (χ1n) is 10.9. The van der Waals surface area contributed by atoms with Gasteiger partial charge in [0.1, 0.15) is 11.8 Å². The highest BCUT2D eigenvalue weighted by Crippen LogP contribution is 2.37. The molecule has 0 aliphatic carbocycles. The second-order valence-corrected chi connectivity index (χ2v) is 7.71. The van der Waals surface area contributed by atoms with Crippen LogP contribution < -0.4 is 15.0 Å². The van der Waals surface area contributed by atoms with Crippen LogP contribution in [0.2, 0.25) is 0 Å². The van der Waals surface area contributed by atoms with Gasteiger partial charge in [0.15, 0.2) is 0 Å². The molecule has 2 aromatic heterocycles. The maximum absolute atomic E-state index is 13.5. The lowest BCUT2D eigenvalue weighted by molar-refractivity contribution is -0.124. The largest absolute Gasteiger partial charge is 0.492 e. The average Bonchev–Trinajstić information content (AvgIpc) is 3.32. The summed E-state index contributed by atoms with van der Waals surface area (Å²) in [5.41, 5.74) is 2.92. The number of para-hydroxylation sites is 4. The van der Waals surface area contributed by atoms with Gasteiger partial charge in [0, 0.05) is 6.20 Å². The smallest absolute Gasteiger partial charge is 0.253 e. The Balaban J connectivity index is 1.45. The number of aromatic nitrogens is 3. The normalized spacial score (nSPS) is 15.0. The van der Waals surface area contributed by atoms with E-state index in [-0.39, 0.29) is 24.8 Å². The van der Waals surface area contributed by atoms with Crippen LogP contribution in [0, 0.1) is 0 Å². The molecule has 2 aromatic carbocycles. The van der Waals surface area contributed by atoms with Crippen LogP contribution in [-0.2, 0) is 16.1 Å². The molecule has 5 rings (SSSR count). The van der Waals surface area contributed by atoms with Crippen molar-refractivity contribution < 1.29 is 14.3 Å². The van der Waals surface area contributed by atoms with Gasteiger partial charge in [-0.3, -0.25) is 24.0 Å². The summed E-state index contributed by atoms with van der Waals surface area (Å²) in [6.45, 7) is 2.66. The first kappa shape index (κ1) is 20.7. The summed E-state index contributed by atoms with van der Waals surface area (Å²) in [6.07, 6.45) is 1.67. The number of amides is 2. The summed E-state index contributed by atoms with van der Waals surface area (Å²) >= 11 is 0. The average molecular weight is 441 g/mol. The number of imidazole rings is 1. The Morgan fingerprint density at radius 2 is 1.85 bits per heavy atom. The van der Waals surface area contributed by atoms with Crippen molar-refractivity contribution in [2.24, 2.45) is 0 Å². The van der Waals surface area contributed by atoms with Crippen molar-refractivity contribution in [2.75, 3.05) is 16.8 Å². The summed E-state index contributed by atoms with van der Waals surface area (Å²) < 4.78 is 7.46. The second-order valence-electron chi connectivity index (χ2n) is 7.71. The molecular formula is C25H23N5O3. The summed E-state index contributed by atoms with van der Waals surface area (Å²) in [5, 5.41) is 2.90. The van der Waals surface area contributed by atoms with E-state index < -0.39 is 6.04 Å². The topological polar surface area (TPSA) is 89.3 Å².